The summed E-state index contributed by atoms with van der Waals surface area (Å²) in [6, 6.07) is 0. The van der Waals surface area contributed by atoms with Crippen molar-refractivity contribution in [3.63, 3.8) is 0 Å². The number of aromatic nitrogens is 3. The zero-order chi connectivity index (χ0) is 22.0. The first kappa shape index (κ1) is 26.0. The van der Waals surface area contributed by atoms with Crippen LogP contribution in [0.25, 0.3) is 0 Å². The van der Waals surface area contributed by atoms with Crippen molar-refractivity contribution in [1.29, 1.82) is 0 Å². The summed E-state index contributed by atoms with van der Waals surface area (Å²) in [6.07, 6.45) is 16.4. The first-order valence-electron chi connectivity index (χ1n) is 12.6. The zero-order valence-electron chi connectivity index (χ0n) is 19.7. The van der Waals surface area contributed by atoms with E-state index in [1.807, 2.05) is 0 Å². The van der Waals surface area contributed by atoms with E-state index in [-0.39, 0.29) is 0 Å². The average molecular weight is 452 g/mol. The molecule has 0 radical (unpaired) electrons. The lowest BCUT2D eigenvalue weighted by Crippen LogP contribution is -2.44. The van der Waals surface area contributed by atoms with Gasteiger partial charge in [-0.25, -0.2) is 0 Å². The van der Waals surface area contributed by atoms with Gasteiger partial charge in [0.05, 0.1) is 0 Å². The predicted octanol–water partition coefficient (Wildman–Crippen LogP) is 4.74. The summed E-state index contributed by atoms with van der Waals surface area (Å²) >= 11 is 4.27. The molecule has 1 saturated heterocycles. The molecule has 0 aromatic carbocycles. The fraction of sp³-hybridized carbons (Fsp3) is 0.870. The maximum Gasteiger partial charge on any atom is 0.232 e. The smallest absolute Gasteiger partial charge is 0.232 e. The summed E-state index contributed by atoms with van der Waals surface area (Å²) in [4.78, 5) is 16.0. The number of hydrogen-bond donors (Lipinski definition) is 4. The second-order valence-electron chi connectivity index (χ2n) is 8.49. The van der Waals surface area contributed by atoms with Crippen molar-refractivity contribution in [2.45, 2.75) is 84.0 Å². The van der Waals surface area contributed by atoms with Gasteiger partial charge in [0.25, 0.3) is 0 Å². The highest BCUT2D eigenvalue weighted by atomic mass is 32.1. The van der Waals surface area contributed by atoms with Crippen LogP contribution >= 0.6 is 12.6 Å². The molecule has 0 bridgehead atoms. The van der Waals surface area contributed by atoms with Gasteiger partial charge in [-0.15, -0.1) is 0 Å². The molecule has 0 aliphatic carbocycles. The van der Waals surface area contributed by atoms with Crippen molar-refractivity contribution in [2.24, 2.45) is 0 Å². The predicted molar refractivity (Wildman–Crippen MR) is 137 cm³/mol. The topological polar surface area (TPSA) is 78.0 Å². The molecule has 0 unspecified atom stereocenters. The average Bonchev–Trinajstić information content (AvgIpc) is 2.81. The Morgan fingerprint density at radius 3 is 1.81 bits per heavy atom. The van der Waals surface area contributed by atoms with Crippen LogP contribution < -0.4 is 20.9 Å². The number of nitrogens with zero attached hydrogens (tertiary/aromatic N) is 4. The van der Waals surface area contributed by atoms with Crippen LogP contribution in [0.2, 0.25) is 0 Å². The Balaban J connectivity index is 1.61. The van der Waals surface area contributed by atoms with Gasteiger partial charge in [0.15, 0.2) is 0 Å². The Bertz CT molecular complexity index is 567. The van der Waals surface area contributed by atoms with Gasteiger partial charge in [0.2, 0.25) is 17.8 Å². The Kier molecular flexibility index (Phi) is 14.5. The maximum atomic E-state index is 4.67. The van der Waals surface area contributed by atoms with Crippen molar-refractivity contribution in [3.8, 4) is 0 Å². The van der Waals surface area contributed by atoms with Gasteiger partial charge in [0, 0.05) is 45.0 Å². The van der Waals surface area contributed by atoms with E-state index in [0.717, 1.165) is 57.4 Å². The van der Waals surface area contributed by atoms with E-state index in [2.05, 4.69) is 55.4 Å². The molecule has 1 aliphatic heterocycles. The number of anilines is 3. The highest BCUT2D eigenvalue weighted by Crippen LogP contribution is 2.15. The van der Waals surface area contributed by atoms with Crippen LogP contribution in [-0.2, 0) is 0 Å². The quantitative estimate of drug-likeness (QED) is 0.190. The molecule has 1 fully saturated rings. The van der Waals surface area contributed by atoms with Crippen LogP contribution in [0.1, 0.15) is 84.0 Å². The third-order valence-corrected chi connectivity index (χ3v) is 5.96. The van der Waals surface area contributed by atoms with Crippen LogP contribution in [0.3, 0.4) is 0 Å². The second-order valence-corrected chi connectivity index (χ2v) is 8.93. The molecule has 0 atom stereocenters. The van der Waals surface area contributed by atoms with Crippen LogP contribution in [0, 0.1) is 0 Å². The molecule has 3 N–H and O–H groups in total. The number of hydrogen-bond acceptors (Lipinski definition) is 8. The Morgan fingerprint density at radius 1 is 0.742 bits per heavy atom. The number of piperazine rings is 1. The summed E-state index contributed by atoms with van der Waals surface area (Å²) in [5, 5.41) is 10.0. The highest BCUT2D eigenvalue weighted by molar-refractivity contribution is 7.80. The molecule has 2 rings (SSSR count). The zero-order valence-corrected chi connectivity index (χ0v) is 20.6. The molecule has 1 aromatic rings. The summed E-state index contributed by atoms with van der Waals surface area (Å²) in [5.41, 5.74) is 0. The molecule has 2 heterocycles. The van der Waals surface area contributed by atoms with Crippen molar-refractivity contribution < 1.29 is 0 Å². The largest absolute Gasteiger partial charge is 0.354 e. The standard InChI is InChI=1S/C23H45N7S/c1-2-3-4-5-6-7-8-9-10-11-12-13-14-25-21-27-22(26-17-20-31)29-23(28-21)30-18-15-24-16-19-30/h24,31H,2-20H2,1H3,(H2,25,26,27,28,29). The summed E-state index contributed by atoms with van der Waals surface area (Å²) < 4.78 is 0. The third kappa shape index (κ3) is 11.8. The van der Waals surface area contributed by atoms with Gasteiger partial charge in [0.1, 0.15) is 0 Å². The number of rotatable bonds is 18. The van der Waals surface area contributed by atoms with E-state index in [0.29, 0.717) is 11.9 Å². The van der Waals surface area contributed by atoms with Crippen LogP contribution in [0.5, 0.6) is 0 Å². The number of nitrogens with one attached hydrogen (secondary N) is 3. The van der Waals surface area contributed by atoms with Gasteiger partial charge < -0.3 is 20.9 Å². The molecule has 1 aliphatic rings. The molecule has 31 heavy (non-hydrogen) atoms. The minimum absolute atomic E-state index is 0.634. The van der Waals surface area contributed by atoms with Crippen molar-refractivity contribution >= 4 is 30.5 Å². The monoisotopic (exact) mass is 451 g/mol. The van der Waals surface area contributed by atoms with Crippen molar-refractivity contribution in [1.82, 2.24) is 20.3 Å². The maximum absolute atomic E-state index is 4.67. The van der Waals surface area contributed by atoms with E-state index in [4.69, 9.17) is 0 Å². The Labute approximate surface area is 195 Å². The molecule has 1 aromatic heterocycles. The van der Waals surface area contributed by atoms with E-state index in [9.17, 15) is 0 Å². The first-order chi connectivity index (χ1) is 15.3. The molecule has 0 amide bonds. The highest BCUT2D eigenvalue weighted by Gasteiger charge is 2.15. The second kappa shape index (κ2) is 17.3. The van der Waals surface area contributed by atoms with E-state index >= 15 is 0 Å². The molecule has 178 valence electrons. The van der Waals surface area contributed by atoms with E-state index in [1.54, 1.807) is 0 Å². The van der Waals surface area contributed by atoms with Gasteiger partial charge in [-0.05, 0) is 6.42 Å². The Hall–Kier alpha value is -1.28. The summed E-state index contributed by atoms with van der Waals surface area (Å²) in [6.45, 7) is 7.71. The van der Waals surface area contributed by atoms with Gasteiger partial charge in [-0.2, -0.15) is 27.6 Å². The van der Waals surface area contributed by atoms with Gasteiger partial charge >= 0.3 is 0 Å². The fourth-order valence-electron chi connectivity index (χ4n) is 3.86. The van der Waals surface area contributed by atoms with Gasteiger partial charge in [-0.3, -0.25) is 0 Å². The molecular weight excluding hydrogens is 406 g/mol. The molecule has 8 heteroatoms. The Morgan fingerprint density at radius 2 is 1.26 bits per heavy atom. The lowest BCUT2D eigenvalue weighted by Gasteiger charge is -2.27. The lowest BCUT2D eigenvalue weighted by atomic mass is 10.1. The molecular formula is C23H45N7S. The number of unbranched alkanes of at least 4 members (excludes halogenated alkanes) is 11. The summed E-state index contributed by atoms with van der Waals surface area (Å²) in [7, 11) is 0. The minimum Gasteiger partial charge on any atom is -0.354 e. The molecule has 7 nitrogen and oxygen atoms in total. The van der Waals surface area contributed by atoms with Crippen LogP contribution in [0.4, 0.5) is 17.8 Å². The summed E-state index contributed by atoms with van der Waals surface area (Å²) in [5.74, 6) is 2.81. The van der Waals surface area contributed by atoms with Crippen molar-refractivity contribution in [2.75, 3.05) is 60.6 Å². The lowest BCUT2D eigenvalue weighted by molar-refractivity contribution is 0.546. The first-order valence-corrected chi connectivity index (χ1v) is 13.3. The number of thiol groups is 1. The molecule has 0 spiro atoms. The van der Waals surface area contributed by atoms with E-state index in [1.165, 1.54) is 70.6 Å². The third-order valence-electron chi connectivity index (χ3n) is 5.73. The van der Waals surface area contributed by atoms with Crippen LogP contribution in [-0.4, -0.2) is 60.0 Å². The van der Waals surface area contributed by atoms with E-state index < -0.39 is 0 Å². The SMILES string of the molecule is CCCCCCCCCCCCCCNc1nc(NCCS)nc(N2CCNCC2)n1. The minimum atomic E-state index is 0.634. The molecule has 0 saturated carbocycles. The van der Waals surface area contributed by atoms with Crippen LogP contribution in [0.15, 0.2) is 0 Å². The van der Waals surface area contributed by atoms with Crippen molar-refractivity contribution in [3.05, 3.63) is 0 Å². The fourth-order valence-corrected chi connectivity index (χ4v) is 3.97. The normalized spacial score (nSPS) is 14.1. The van der Waals surface area contributed by atoms with Gasteiger partial charge in [-0.1, -0.05) is 77.6 Å².